The number of allylic oxidation sites excluding steroid dienone is 2. The molecule has 0 aliphatic carbocycles. The fraction of sp³-hybridized carbons (Fsp3) is 0.333. The van der Waals surface area contributed by atoms with Gasteiger partial charge in [0.15, 0.2) is 11.4 Å². The van der Waals surface area contributed by atoms with Crippen LogP contribution in [0.2, 0.25) is 6.32 Å². The van der Waals surface area contributed by atoms with Crippen LogP contribution in [0, 0.1) is 0 Å². The van der Waals surface area contributed by atoms with Crippen LogP contribution in [0.25, 0.3) is 17.0 Å². The molecule has 27 heavy (non-hydrogen) atoms. The summed E-state index contributed by atoms with van der Waals surface area (Å²) in [7, 11) is 1.91. The summed E-state index contributed by atoms with van der Waals surface area (Å²) in [5.41, 5.74) is 0.125. The largest absolute Gasteiger partial charge is 0.506 e. The van der Waals surface area contributed by atoms with Crippen LogP contribution in [0.4, 0.5) is 0 Å². The maximum Gasteiger partial charge on any atom is 0.336 e. The number of hydrogen-bond acceptors (Lipinski definition) is 5. The van der Waals surface area contributed by atoms with E-state index in [1.165, 1.54) is 12.1 Å². The Morgan fingerprint density at radius 2 is 2.11 bits per heavy atom. The third-order valence-corrected chi connectivity index (χ3v) is 4.52. The van der Waals surface area contributed by atoms with Crippen molar-refractivity contribution in [2.24, 2.45) is 0 Å². The lowest BCUT2D eigenvalue weighted by atomic mass is 9.92. The minimum Gasteiger partial charge on any atom is -0.506 e. The van der Waals surface area contributed by atoms with Gasteiger partial charge in [0.05, 0.1) is 10.9 Å². The average Bonchev–Trinajstić information content (AvgIpc) is 2.58. The van der Waals surface area contributed by atoms with Crippen molar-refractivity contribution in [1.82, 2.24) is 0 Å². The van der Waals surface area contributed by atoms with Gasteiger partial charge in [-0.1, -0.05) is 25.7 Å². The molecule has 0 saturated heterocycles. The van der Waals surface area contributed by atoms with Gasteiger partial charge in [0.1, 0.15) is 30.5 Å². The van der Waals surface area contributed by atoms with E-state index >= 15 is 0 Å². The Morgan fingerprint density at radius 1 is 1.37 bits per heavy atom. The molecule has 0 fully saturated rings. The van der Waals surface area contributed by atoms with E-state index in [0.29, 0.717) is 29.4 Å². The summed E-state index contributed by atoms with van der Waals surface area (Å²) in [4.78, 5) is 24.9. The van der Waals surface area contributed by atoms with Crippen molar-refractivity contribution in [2.45, 2.75) is 45.5 Å². The monoisotopic (exact) mass is 366 g/mol. The van der Waals surface area contributed by atoms with Crippen molar-refractivity contribution in [3.8, 4) is 11.5 Å². The Bertz CT molecular complexity index is 1030. The number of rotatable bonds is 5. The molecule has 3 rings (SSSR count). The number of phenolic OH excluding ortho intramolecular Hbond substituents is 1. The van der Waals surface area contributed by atoms with Gasteiger partial charge in [-0.15, -0.1) is 0 Å². The quantitative estimate of drug-likeness (QED) is 0.380. The van der Waals surface area contributed by atoms with E-state index in [4.69, 9.17) is 9.15 Å². The summed E-state index contributed by atoms with van der Waals surface area (Å²) in [5.74, 6) is -0.192. The summed E-state index contributed by atoms with van der Waals surface area (Å²) in [5, 5.41) is 11.4. The molecule has 0 amide bonds. The first-order valence-electron chi connectivity index (χ1n) is 9.23. The van der Waals surface area contributed by atoms with Gasteiger partial charge in [0.2, 0.25) is 0 Å². The Kier molecular flexibility index (Phi) is 5.00. The van der Waals surface area contributed by atoms with Crippen LogP contribution in [-0.4, -0.2) is 24.3 Å². The maximum absolute atomic E-state index is 12.8. The first-order chi connectivity index (χ1) is 12.8. The number of carbonyl (C=O) groups is 1. The Hall–Kier alpha value is -2.76. The first-order valence-corrected chi connectivity index (χ1v) is 9.23. The molecule has 0 radical (unpaired) electrons. The van der Waals surface area contributed by atoms with E-state index in [1.807, 2.05) is 34.7 Å². The van der Waals surface area contributed by atoms with Gasteiger partial charge in [-0.2, -0.15) is 0 Å². The van der Waals surface area contributed by atoms with E-state index < -0.39 is 17.0 Å². The molecule has 0 bridgehead atoms. The summed E-state index contributed by atoms with van der Waals surface area (Å²) in [6.45, 7) is 5.81. The number of phenols is 1. The minimum atomic E-state index is -0.584. The van der Waals surface area contributed by atoms with Crippen molar-refractivity contribution in [1.29, 1.82) is 0 Å². The van der Waals surface area contributed by atoms with E-state index in [1.54, 1.807) is 12.2 Å². The van der Waals surface area contributed by atoms with Crippen LogP contribution in [0.3, 0.4) is 0 Å². The van der Waals surface area contributed by atoms with Crippen molar-refractivity contribution >= 4 is 30.7 Å². The zero-order chi connectivity index (χ0) is 19.8. The third-order valence-electron chi connectivity index (χ3n) is 4.52. The lowest BCUT2D eigenvalue weighted by Crippen LogP contribution is -2.28. The van der Waals surface area contributed by atoms with E-state index in [-0.39, 0.29) is 16.9 Å². The molecule has 0 unspecified atom stereocenters. The second kappa shape index (κ2) is 7.10. The van der Waals surface area contributed by atoms with Crippen molar-refractivity contribution in [3.05, 3.63) is 51.4 Å². The van der Waals surface area contributed by atoms with Crippen molar-refractivity contribution in [3.63, 3.8) is 0 Å². The fourth-order valence-corrected chi connectivity index (χ4v) is 3.30. The van der Waals surface area contributed by atoms with Gasteiger partial charge in [-0.25, -0.2) is 4.79 Å². The number of hydrogen-bond donors (Lipinski definition) is 1. The van der Waals surface area contributed by atoms with E-state index in [2.05, 4.69) is 0 Å². The second-order valence-electron chi connectivity index (χ2n) is 7.22. The van der Waals surface area contributed by atoms with Crippen LogP contribution in [-0.2, 0) is 6.42 Å². The molecule has 1 N–H and O–H groups in total. The number of aromatic hydroxyl groups is 1. The summed E-state index contributed by atoms with van der Waals surface area (Å²) >= 11 is 0. The second-order valence-corrected chi connectivity index (χ2v) is 7.22. The number of benzene rings is 1. The van der Waals surface area contributed by atoms with Crippen LogP contribution in [0.1, 0.15) is 48.7 Å². The highest BCUT2D eigenvalue weighted by atomic mass is 16.5. The molecule has 1 aliphatic heterocycles. The average molecular weight is 366 g/mol. The van der Waals surface area contributed by atoms with Crippen LogP contribution in [0.15, 0.2) is 33.5 Å². The molecule has 5 nitrogen and oxygen atoms in total. The molecule has 0 spiro atoms. The van der Waals surface area contributed by atoms with Crippen molar-refractivity contribution < 1.29 is 19.1 Å². The topological polar surface area (TPSA) is 76.7 Å². The Morgan fingerprint density at radius 3 is 2.78 bits per heavy atom. The molecule has 1 aliphatic rings. The minimum absolute atomic E-state index is 0.00328. The molecule has 1 aromatic heterocycles. The van der Waals surface area contributed by atoms with E-state index in [9.17, 15) is 14.7 Å². The van der Waals surface area contributed by atoms with Gasteiger partial charge in [-0.3, -0.25) is 4.79 Å². The van der Waals surface area contributed by atoms with Gasteiger partial charge >= 0.3 is 5.63 Å². The van der Waals surface area contributed by atoms with Gasteiger partial charge in [0, 0.05) is 6.07 Å². The number of aryl methyl sites for hydroxylation is 1. The lowest BCUT2D eigenvalue weighted by Gasteiger charge is -2.30. The van der Waals surface area contributed by atoms with Gasteiger partial charge in [0.25, 0.3) is 0 Å². The number of ether oxygens (including phenoxy) is 1. The molecule has 1 aromatic carbocycles. The highest BCUT2D eigenvalue weighted by Crippen LogP contribution is 2.46. The fourth-order valence-electron chi connectivity index (χ4n) is 3.30. The lowest BCUT2D eigenvalue weighted by molar-refractivity contribution is 0.104. The zero-order valence-electron chi connectivity index (χ0n) is 16.1. The highest BCUT2D eigenvalue weighted by Gasteiger charge is 2.31. The molecule has 0 atom stereocenters. The van der Waals surface area contributed by atoms with Crippen molar-refractivity contribution in [2.75, 3.05) is 0 Å². The molecule has 6 heteroatoms. The zero-order valence-corrected chi connectivity index (χ0v) is 16.1. The molecular weight excluding hydrogens is 343 g/mol. The predicted octanol–water partition coefficient (Wildman–Crippen LogP) is 3.43. The summed E-state index contributed by atoms with van der Waals surface area (Å²) in [6.07, 6.45) is 8.81. The summed E-state index contributed by atoms with van der Waals surface area (Å²) < 4.78 is 11.5. The number of fused-ring (bicyclic) bond motifs is 3. The van der Waals surface area contributed by atoms with Crippen LogP contribution >= 0.6 is 0 Å². The molecule has 2 heterocycles. The van der Waals surface area contributed by atoms with Gasteiger partial charge in [-0.05, 0) is 44.1 Å². The summed E-state index contributed by atoms with van der Waals surface area (Å²) in [6, 6.07) is 1.44. The van der Waals surface area contributed by atoms with Crippen LogP contribution < -0.4 is 10.4 Å². The predicted molar refractivity (Wildman–Crippen MR) is 109 cm³/mol. The highest BCUT2D eigenvalue weighted by molar-refractivity contribution is 6.17. The third kappa shape index (κ3) is 3.44. The smallest absolute Gasteiger partial charge is 0.336 e. The molecular formula is C21H23BO5. The standard InChI is InChI=1S/C21H23BO5/c1-4-6-12-11-15(24)26-20-16(12)19-13(8-9-21(2,3)27-19)18(25)17(20)14(23)7-5-10-22/h5,7-9,11,25H,4,6,10,22H2,1-3H3/b7-5-. The molecule has 2 aromatic rings. The van der Waals surface area contributed by atoms with E-state index in [0.717, 1.165) is 12.0 Å². The Balaban J connectivity index is 2.47. The first kappa shape index (κ1) is 19.0. The number of carbonyl (C=O) groups excluding carboxylic acids is 1. The molecule has 0 saturated carbocycles. The SMILES string of the molecule is BC/C=C\C(=O)c1c(O)c2c(c3c(CCC)cc(=O)oc13)OC(C)(C)C=C2. The maximum atomic E-state index is 12.8. The van der Waals surface area contributed by atoms with Gasteiger partial charge < -0.3 is 14.3 Å². The van der Waals surface area contributed by atoms with Crippen LogP contribution in [0.5, 0.6) is 11.5 Å². The molecule has 140 valence electrons. The normalized spacial score (nSPS) is 15.1. The Labute approximate surface area is 158 Å². The number of ketones is 1.